The molecule has 1 aliphatic carbocycles. The number of carbonyl (C=O) groups is 1. The van der Waals surface area contributed by atoms with Gasteiger partial charge in [0, 0.05) is 0 Å². The molecule has 0 spiro atoms. The molecule has 88 valence electrons. The lowest BCUT2D eigenvalue weighted by atomic mass is 9.99. The van der Waals surface area contributed by atoms with E-state index in [4.69, 9.17) is 10.00 Å². The van der Waals surface area contributed by atoms with Gasteiger partial charge in [0.1, 0.15) is 0 Å². The van der Waals surface area contributed by atoms with E-state index in [1.807, 2.05) is 26.0 Å². The van der Waals surface area contributed by atoms with Gasteiger partial charge in [-0.3, -0.25) is 4.79 Å². The lowest BCUT2D eigenvalue weighted by Gasteiger charge is -2.07. The molecular formula is C14H15NO2. The quantitative estimate of drug-likeness (QED) is 0.730. The molecule has 0 saturated carbocycles. The third kappa shape index (κ3) is 2.03. The summed E-state index contributed by atoms with van der Waals surface area (Å²) in [7, 11) is 0. The number of nitrogens with zero attached hydrogens (tertiary/aromatic N) is 1. The van der Waals surface area contributed by atoms with E-state index in [9.17, 15) is 4.79 Å². The van der Waals surface area contributed by atoms with Crippen LogP contribution in [0.15, 0.2) is 12.1 Å². The molecule has 1 unspecified atom stereocenters. The van der Waals surface area contributed by atoms with Gasteiger partial charge in [-0.2, -0.15) is 5.26 Å². The van der Waals surface area contributed by atoms with Gasteiger partial charge in [-0.1, -0.05) is 6.07 Å². The number of ether oxygens (including phenoxy) is 1. The van der Waals surface area contributed by atoms with Gasteiger partial charge in [0.2, 0.25) is 0 Å². The average Bonchev–Trinajstić information content (AvgIpc) is 2.75. The topological polar surface area (TPSA) is 50.1 Å². The molecule has 0 aromatic heterocycles. The molecule has 3 nitrogen and oxygen atoms in total. The average molecular weight is 229 g/mol. The van der Waals surface area contributed by atoms with Crippen molar-refractivity contribution in [1.82, 2.24) is 0 Å². The lowest BCUT2D eigenvalue weighted by molar-refractivity contribution is -0.147. The first-order valence-corrected chi connectivity index (χ1v) is 5.85. The van der Waals surface area contributed by atoms with Crippen LogP contribution >= 0.6 is 0 Å². The Kier molecular flexibility index (Phi) is 3.14. The highest BCUT2D eigenvalue weighted by Crippen LogP contribution is 2.31. The van der Waals surface area contributed by atoms with Crippen molar-refractivity contribution in [3.05, 3.63) is 34.4 Å². The summed E-state index contributed by atoms with van der Waals surface area (Å²) in [6.45, 7) is 4.19. The van der Waals surface area contributed by atoms with Crippen LogP contribution in [0, 0.1) is 24.2 Å². The first-order valence-electron chi connectivity index (χ1n) is 5.85. The van der Waals surface area contributed by atoms with Gasteiger partial charge >= 0.3 is 5.97 Å². The fourth-order valence-corrected chi connectivity index (χ4v) is 2.42. The molecule has 0 N–H and O–H groups in total. The standard InChI is InChI=1S/C14H15NO2/c1-3-17-14(16)12-6-10-4-5-11(8-15)9(2)13(10)7-12/h4-5,12H,3,6-7H2,1-2H3. The number of nitriles is 1. The number of fused-ring (bicyclic) bond motifs is 1. The molecule has 3 heteroatoms. The van der Waals surface area contributed by atoms with Crippen LogP contribution in [0.5, 0.6) is 0 Å². The maximum atomic E-state index is 11.7. The Labute approximate surface area is 101 Å². The van der Waals surface area contributed by atoms with Crippen molar-refractivity contribution in [3.8, 4) is 6.07 Å². The molecular weight excluding hydrogens is 214 g/mol. The second-order valence-electron chi connectivity index (χ2n) is 4.34. The van der Waals surface area contributed by atoms with Gasteiger partial charge in [0.05, 0.1) is 24.2 Å². The van der Waals surface area contributed by atoms with Crippen molar-refractivity contribution in [2.45, 2.75) is 26.7 Å². The Morgan fingerprint density at radius 1 is 1.53 bits per heavy atom. The van der Waals surface area contributed by atoms with Gasteiger partial charge in [0.15, 0.2) is 0 Å². The Balaban J connectivity index is 2.26. The van der Waals surface area contributed by atoms with Crippen LogP contribution in [-0.4, -0.2) is 12.6 Å². The molecule has 1 aromatic rings. The van der Waals surface area contributed by atoms with E-state index < -0.39 is 0 Å². The SMILES string of the molecule is CCOC(=O)C1Cc2ccc(C#N)c(C)c2C1. The van der Waals surface area contributed by atoms with Crippen LogP contribution in [-0.2, 0) is 22.4 Å². The van der Waals surface area contributed by atoms with E-state index in [0.717, 1.165) is 17.5 Å². The second kappa shape index (κ2) is 4.58. The molecule has 1 aliphatic rings. The second-order valence-corrected chi connectivity index (χ2v) is 4.34. The minimum absolute atomic E-state index is 0.0717. The van der Waals surface area contributed by atoms with Gasteiger partial charge < -0.3 is 4.74 Å². The summed E-state index contributed by atoms with van der Waals surface area (Å²) < 4.78 is 5.05. The highest BCUT2D eigenvalue weighted by molar-refractivity contribution is 5.75. The van der Waals surface area contributed by atoms with Crippen LogP contribution in [0.1, 0.15) is 29.2 Å². The third-order valence-corrected chi connectivity index (χ3v) is 3.35. The van der Waals surface area contributed by atoms with E-state index in [2.05, 4.69) is 6.07 Å². The molecule has 1 atom stereocenters. The smallest absolute Gasteiger partial charge is 0.309 e. The zero-order valence-electron chi connectivity index (χ0n) is 10.1. The fourth-order valence-electron chi connectivity index (χ4n) is 2.42. The zero-order chi connectivity index (χ0) is 12.4. The van der Waals surface area contributed by atoms with Crippen molar-refractivity contribution in [1.29, 1.82) is 5.26 Å². The van der Waals surface area contributed by atoms with Crippen LogP contribution in [0.4, 0.5) is 0 Å². The highest BCUT2D eigenvalue weighted by Gasteiger charge is 2.29. The van der Waals surface area contributed by atoms with E-state index in [0.29, 0.717) is 18.6 Å². The van der Waals surface area contributed by atoms with E-state index >= 15 is 0 Å². The minimum Gasteiger partial charge on any atom is -0.466 e. The van der Waals surface area contributed by atoms with Crippen LogP contribution in [0.3, 0.4) is 0 Å². The molecule has 0 heterocycles. The number of hydrogen-bond donors (Lipinski definition) is 0. The summed E-state index contributed by atoms with van der Waals surface area (Å²) in [5, 5.41) is 8.97. The van der Waals surface area contributed by atoms with Crippen molar-refractivity contribution in [3.63, 3.8) is 0 Å². The molecule has 0 aliphatic heterocycles. The van der Waals surface area contributed by atoms with Gasteiger partial charge in [-0.25, -0.2) is 0 Å². The molecule has 0 bridgehead atoms. The first kappa shape index (κ1) is 11.7. The molecule has 0 radical (unpaired) electrons. The summed E-state index contributed by atoms with van der Waals surface area (Å²) in [4.78, 5) is 11.7. The van der Waals surface area contributed by atoms with E-state index in [1.165, 1.54) is 5.56 Å². The predicted octanol–water partition coefficient (Wildman–Crippen LogP) is 2.14. The number of hydrogen-bond acceptors (Lipinski definition) is 3. The van der Waals surface area contributed by atoms with Crippen molar-refractivity contribution in [2.75, 3.05) is 6.61 Å². The number of esters is 1. The van der Waals surface area contributed by atoms with Crippen molar-refractivity contribution >= 4 is 5.97 Å². The largest absolute Gasteiger partial charge is 0.466 e. The summed E-state index contributed by atoms with van der Waals surface area (Å²) in [6.07, 6.45) is 1.44. The van der Waals surface area contributed by atoms with E-state index in [-0.39, 0.29) is 11.9 Å². The molecule has 1 aromatic carbocycles. The highest BCUT2D eigenvalue weighted by atomic mass is 16.5. The number of rotatable bonds is 2. The van der Waals surface area contributed by atoms with Crippen molar-refractivity contribution < 1.29 is 9.53 Å². The maximum Gasteiger partial charge on any atom is 0.309 e. The summed E-state index contributed by atoms with van der Waals surface area (Å²) in [5.74, 6) is -0.195. The van der Waals surface area contributed by atoms with Gasteiger partial charge in [0.25, 0.3) is 0 Å². The van der Waals surface area contributed by atoms with Crippen LogP contribution in [0.25, 0.3) is 0 Å². The summed E-state index contributed by atoms with van der Waals surface area (Å²) >= 11 is 0. The predicted molar refractivity (Wildman–Crippen MR) is 63.4 cm³/mol. The maximum absolute atomic E-state index is 11.7. The summed E-state index contributed by atoms with van der Waals surface area (Å²) in [5.41, 5.74) is 4.05. The Bertz CT molecular complexity index is 500. The molecule has 2 rings (SSSR count). The Morgan fingerprint density at radius 3 is 2.94 bits per heavy atom. The first-order chi connectivity index (χ1) is 8.17. The van der Waals surface area contributed by atoms with Gasteiger partial charge in [-0.15, -0.1) is 0 Å². The van der Waals surface area contributed by atoms with Crippen LogP contribution in [0.2, 0.25) is 0 Å². The number of carbonyl (C=O) groups excluding carboxylic acids is 1. The molecule has 0 amide bonds. The van der Waals surface area contributed by atoms with Crippen LogP contribution < -0.4 is 0 Å². The molecule has 0 fully saturated rings. The fraction of sp³-hybridized carbons (Fsp3) is 0.429. The Hall–Kier alpha value is -1.82. The normalized spacial score (nSPS) is 17.4. The van der Waals surface area contributed by atoms with E-state index in [1.54, 1.807) is 0 Å². The third-order valence-electron chi connectivity index (χ3n) is 3.35. The molecule has 0 saturated heterocycles. The monoisotopic (exact) mass is 229 g/mol. The summed E-state index contributed by atoms with van der Waals surface area (Å²) in [6, 6.07) is 5.97. The van der Waals surface area contributed by atoms with Crippen molar-refractivity contribution in [2.24, 2.45) is 5.92 Å². The minimum atomic E-state index is -0.124. The zero-order valence-corrected chi connectivity index (χ0v) is 10.1. The number of benzene rings is 1. The molecule has 17 heavy (non-hydrogen) atoms. The lowest BCUT2D eigenvalue weighted by Crippen LogP contribution is -2.17. The Morgan fingerprint density at radius 2 is 2.29 bits per heavy atom. The van der Waals surface area contributed by atoms with Gasteiger partial charge in [-0.05, 0) is 49.4 Å².